The Kier molecular flexibility index (Phi) is 5.92. The van der Waals surface area contributed by atoms with Crippen LogP contribution in [0.15, 0.2) is 42.5 Å². The number of hydrogen-bond donors (Lipinski definition) is 2. The Morgan fingerprint density at radius 1 is 1.30 bits per heavy atom. The minimum absolute atomic E-state index is 0.00417. The van der Waals surface area contributed by atoms with Crippen LogP contribution in [0.3, 0.4) is 0 Å². The van der Waals surface area contributed by atoms with E-state index in [9.17, 15) is 10.1 Å². The van der Waals surface area contributed by atoms with Gasteiger partial charge in [0.05, 0.1) is 16.6 Å². The van der Waals surface area contributed by atoms with Crippen molar-refractivity contribution in [2.24, 2.45) is 0 Å². The van der Waals surface area contributed by atoms with Gasteiger partial charge in [-0.05, 0) is 30.7 Å². The molecular weight excluding hydrogens is 320 g/mol. The average Bonchev–Trinajstić information content (AvgIpc) is 2.55. The summed E-state index contributed by atoms with van der Waals surface area (Å²) in [7, 11) is 0. The lowest BCUT2D eigenvalue weighted by Gasteiger charge is -2.12. The highest BCUT2D eigenvalue weighted by atomic mass is 35.5. The highest BCUT2D eigenvalue weighted by Gasteiger charge is 2.17. The number of ether oxygens (including phenoxy) is 1. The molecule has 2 aromatic rings. The van der Waals surface area contributed by atoms with Crippen molar-refractivity contribution in [3.63, 3.8) is 0 Å². The number of benzene rings is 2. The van der Waals surface area contributed by atoms with Crippen LogP contribution in [0.5, 0.6) is 11.5 Å². The molecule has 122 valence electrons. The molecule has 2 rings (SSSR count). The summed E-state index contributed by atoms with van der Waals surface area (Å²) >= 11 is 6.01. The van der Waals surface area contributed by atoms with E-state index in [-0.39, 0.29) is 24.1 Å². The molecule has 0 radical (unpaired) electrons. The Morgan fingerprint density at radius 2 is 2.04 bits per heavy atom. The van der Waals surface area contributed by atoms with Crippen LogP contribution in [0.25, 0.3) is 0 Å². The van der Waals surface area contributed by atoms with Gasteiger partial charge < -0.3 is 15.2 Å². The Balaban J connectivity index is 2.23. The summed E-state index contributed by atoms with van der Waals surface area (Å²) in [5, 5.41) is 23.7. The van der Waals surface area contributed by atoms with E-state index in [2.05, 4.69) is 5.32 Å². The van der Waals surface area contributed by atoms with E-state index in [1.165, 1.54) is 6.07 Å². The van der Waals surface area contributed by atoms with E-state index in [4.69, 9.17) is 21.4 Å². The van der Waals surface area contributed by atoms with Gasteiger partial charge in [0.2, 0.25) is 5.75 Å². The van der Waals surface area contributed by atoms with Crippen molar-refractivity contribution in [2.75, 3.05) is 6.61 Å². The standard InChI is InChI=1S/C16H17ClN2O4/c1-11(10-20)18-9-12-6-7-16(14(8-12)19(21)22)23-15-5-3-2-4-13(15)17/h2-8,11,18,20H,9-10H2,1H3/t11-/m1/s1. The maximum absolute atomic E-state index is 11.3. The van der Waals surface area contributed by atoms with Gasteiger partial charge in [-0.3, -0.25) is 10.1 Å². The van der Waals surface area contributed by atoms with Gasteiger partial charge >= 0.3 is 5.69 Å². The molecule has 1 atom stereocenters. The zero-order chi connectivity index (χ0) is 16.8. The summed E-state index contributed by atoms with van der Waals surface area (Å²) in [5.41, 5.74) is 0.587. The lowest BCUT2D eigenvalue weighted by Crippen LogP contribution is -2.28. The number of halogens is 1. The first-order chi connectivity index (χ1) is 11.0. The number of aliphatic hydroxyl groups is 1. The molecule has 0 heterocycles. The third-order valence-corrected chi connectivity index (χ3v) is 3.52. The van der Waals surface area contributed by atoms with Crippen molar-refractivity contribution in [1.82, 2.24) is 5.32 Å². The number of nitrogens with one attached hydrogen (secondary N) is 1. The van der Waals surface area contributed by atoms with Gasteiger partial charge in [-0.2, -0.15) is 0 Å². The summed E-state index contributed by atoms with van der Waals surface area (Å²) in [4.78, 5) is 10.8. The number of nitro benzene ring substituents is 1. The second-order valence-corrected chi connectivity index (χ2v) is 5.46. The van der Waals surface area contributed by atoms with Crippen LogP contribution in [-0.2, 0) is 6.54 Å². The maximum Gasteiger partial charge on any atom is 0.311 e. The predicted octanol–water partition coefficient (Wildman–Crippen LogP) is 3.51. The first kappa shape index (κ1) is 17.2. The Hall–Kier alpha value is -2.15. The highest BCUT2D eigenvalue weighted by molar-refractivity contribution is 6.32. The number of nitro groups is 1. The molecule has 2 aromatic carbocycles. The molecule has 0 fully saturated rings. The van der Waals surface area contributed by atoms with E-state index < -0.39 is 4.92 Å². The largest absolute Gasteiger partial charge is 0.449 e. The van der Waals surface area contributed by atoms with E-state index in [1.54, 1.807) is 36.4 Å². The van der Waals surface area contributed by atoms with Gasteiger partial charge in [-0.1, -0.05) is 29.8 Å². The quantitative estimate of drug-likeness (QED) is 0.597. The fourth-order valence-corrected chi connectivity index (χ4v) is 2.08. The number of hydrogen-bond acceptors (Lipinski definition) is 5. The summed E-state index contributed by atoms with van der Waals surface area (Å²) in [5.74, 6) is 0.485. The third-order valence-electron chi connectivity index (χ3n) is 3.21. The molecular formula is C16H17ClN2O4. The Bertz CT molecular complexity index is 694. The molecule has 0 aliphatic carbocycles. The second kappa shape index (κ2) is 7.92. The van der Waals surface area contributed by atoms with Gasteiger partial charge in [-0.25, -0.2) is 0 Å². The van der Waals surface area contributed by atoms with E-state index in [1.807, 2.05) is 6.92 Å². The molecule has 0 saturated carbocycles. The minimum atomic E-state index is -0.495. The summed E-state index contributed by atoms with van der Waals surface area (Å²) in [6, 6.07) is 11.4. The summed E-state index contributed by atoms with van der Waals surface area (Å²) in [6.45, 7) is 2.23. The molecule has 0 aliphatic heterocycles. The fraction of sp³-hybridized carbons (Fsp3) is 0.250. The smallest absolute Gasteiger partial charge is 0.311 e. The Labute approximate surface area is 138 Å². The SMILES string of the molecule is C[C@H](CO)NCc1ccc(Oc2ccccc2Cl)c([N+](=O)[O-])c1. The zero-order valence-corrected chi connectivity index (χ0v) is 13.3. The molecule has 7 heteroatoms. The van der Waals surface area contributed by atoms with Crippen molar-refractivity contribution in [3.8, 4) is 11.5 Å². The monoisotopic (exact) mass is 336 g/mol. The van der Waals surface area contributed by atoms with Crippen LogP contribution >= 0.6 is 11.6 Å². The molecule has 0 spiro atoms. The van der Waals surface area contributed by atoms with E-state index in [0.717, 1.165) is 5.56 Å². The molecule has 0 unspecified atom stereocenters. The average molecular weight is 337 g/mol. The van der Waals surface area contributed by atoms with Crippen molar-refractivity contribution >= 4 is 17.3 Å². The molecule has 0 aromatic heterocycles. The van der Waals surface area contributed by atoms with Crippen LogP contribution in [-0.4, -0.2) is 22.7 Å². The lowest BCUT2D eigenvalue weighted by molar-refractivity contribution is -0.385. The Morgan fingerprint density at radius 3 is 2.70 bits per heavy atom. The van der Waals surface area contributed by atoms with Gasteiger partial charge in [0, 0.05) is 18.7 Å². The van der Waals surface area contributed by atoms with E-state index >= 15 is 0 Å². The molecule has 0 bridgehead atoms. The van der Waals surface area contributed by atoms with Gasteiger partial charge in [0.25, 0.3) is 0 Å². The maximum atomic E-state index is 11.3. The van der Waals surface area contributed by atoms with Crippen LogP contribution in [0.4, 0.5) is 5.69 Å². The minimum Gasteiger partial charge on any atom is -0.449 e. The second-order valence-electron chi connectivity index (χ2n) is 5.06. The molecule has 0 saturated heterocycles. The highest BCUT2D eigenvalue weighted by Crippen LogP contribution is 2.35. The van der Waals surface area contributed by atoms with Crippen molar-refractivity contribution in [1.29, 1.82) is 0 Å². The number of aliphatic hydroxyl groups excluding tert-OH is 1. The topological polar surface area (TPSA) is 84.6 Å². The van der Waals surface area contributed by atoms with E-state index in [0.29, 0.717) is 17.3 Å². The fourth-order valence-electron chi connectivity index (χ4n) is 1.90. The van der Waals surface area contributed by atoms with Crippen LogP contribution in [0, 0.1) is 10.1 Å². The lowest BCUT2D eigenvalue weighted by atomic mass is 10.1. The van der Waals surface area contributed by atoms with Crippen LogP contribution < -0.4 is 10.1 Å². The number of rotatable bonds is 7. The van der Waals surface area contributed by atoms with Crippen LogP contribution in [0.1, 0.15) is 12.5 Å². The van der Waals surface area contributed by atoms with Gasteiger partial charge in [-0.15, -0.1) is 0 Å². The van der Waals surface area contributed by atoms with Crippen molar-refractivity contribution in [2.45, 2.75) is 19.5 Å². The number of para-hydroxylation sites is 1. The van der Waals surface area contributed by atoms with Gasteiger partial charge in [0.1, 0.15) is 5.75 Å². The molecule has 6 nitrogen and oxygen atoms in total. The normalized spacial score (nSPS) is 12.0. The molecule has 2 N–H and O–H groups in total. The molecule has 0 aliphatic rings. The molecule has 23 heavy (non-hydrogen) atoms. The first-order valence-electron chi connectivity index (χ1n) is 7.05. The first-order valence-corrected chi connectivity index (χ1v) is 7.43. The predicted molar refractivity (Wildman–Crippen MR) is 88.0 cm³/mol. The summed E-state index contributed by atoms with van der Waals surface area (Å²) < 4.78 is 5.57. The number of nitrogens with zero attached hydrogens (tertiary/aromatic N) is 1. The molecule has 0 amide bonds. The van der Waals surface area contributed by atoms with Crippen LogP contribution in [0.2, 0.25) is 5.02 Å². The van der Waals surface area contributed by atoms with Crippen molar-refractivity contribution in [3.05, 3.63) is 63.2 Å². The zero-order valence-electron chi connectivity index (χ0n) is 12.5. The third kappa shape index (κ3) is 4.66. The van der Waals surface area contributed by atoms with Crippen molar-refractivity contribution < 1.29 is 14.8 Å². The van der Waals surface area contributed by atoms with Gasteiger partial charge in [0.15, 0.2) is 0 Å². The summed E-state index contributed by atoms with van der Waals surface area (Å²) in [6.07, 6.45) is 0.